The van der Waals surface area contributed by atoms with Crippen molar-refractivity contribution in [2.45, 2.75) is 24.1 Å². The molecule has 3 N–H and O–H groups in total. The molecule has 3 rings (SSSR count). The molecule has 0 radical (unpaired) electrons. The molecule has 0 spiro atoms. The topological polar surface area (TPSA) is 120 Å². The van der Waals surface area contributed by atoms with Crippen LogP contribution in [0, 0.1) is 17.2 Å². The number of benzene rings is 1. The molecule has 2 aromatic rings. The van der Waals surface area contributed by atoms with Gasteiger partial charge in [0.15, 0.2) is 5.03 Å². The summed E-state index contributed by atoms with van der Waals surface area (Å²) in [6.45, 7) is 0.567. The Kier molecular flexibility index (Phi) is 5.34. The number of sulfonamides is 1. The second-order valence-corrected chi connectivity index (χ2v) is 8.19. The smallest absolute Gasteiger partial charge is 0.260 e. The lowest BCUT2D eigenvalue weighted by atomic mass is 9.98. The van der Waals surface area contributed by atoms with Crippen LogP contribution in [0.25, 0.3) is 11.3 Å². The van der Waals surface area contributed by atoms with Gasteiger partial charge >= 0.3 is 0 Å². The number of nitriles is 1. The number of aromatic nitrogens is 1. The van der Waals surface area contributed by atoms with Crippen LogP contribution in [0.5, 0.6) is 0 Å². The molecule has 0 amide bonds. The molecule has 1 aliphatic rings. The van der Waals surface area contributed by atoms with Crippen molar-refractivity contribution in [1.29, 1.82) is 5.26 Å². The van der Waals surface area contributed by atoms with Crippen LogP contribution in [0.4, 0.5) is 0 Å². The van der Waals surface area contributed by atoms with E-state index in [1.165, 1.54) is 10.4 Å². The highest BCUT2D eigenvalue weighted by atomic mass is 32.2. The summed E-state index contributed by atoms with van der Waals surface area (Å²) >= 11 is 0. The van der Waals surface area contributed by atoms with Crippen molar-refractivity contribution < 1.29 is 13.5 Å². The SMILES string of the molecule is N#Cc1ccc(-c2cccc(S(=O)(=O)N3CCCC([C@H](N)O)C3)n2)cc1. The lowest BCUT2D eigenvalue weighted by Crippen LogP contribution is -2.46. The molecule has 0 saturated carbocycles. The van der Waals surface area contributed by atoms with Crippen molar-refractivity contribution in [3.8, 4) is 17.3 Å². The maximum Gasteiger partial charge on any atom is 0.260 e. The highest BCUT2D eigenvalue weighted by molar-refractivity contribution is 7.89. The van der Waals surface area contributed by atoms with E-state index >= 15 is 0 Å². The number of piperidine rings is 1. The van der Waals surface area contributed by atoms with Crippen LogP contribution in [-0.2, 0) is 10.0 Å². The molecular formula is C18H20N4O3S. The fourth-order valence-corrected chi connectivity index (χ4v) is 4.52. The van der Waals surface area contributed by atoms with Gasteiger partial charge in [-0.2, -0.15) is 9.57 Å². The first-order valence-electron chi connectivity index (χ1n) is 8.33. The number of hydrogen-bond donors (Lipinski definition) is 2. The number of aliphatic hydroxyl groups is 1. The fraction of sp³-hybridized carbons (Fsp3) is 0.333. The molecule has 136 valence electrons. The molecule has 1 aromatic heterocycles. The normalized spacial score (nSPS) is 19.7. The molecule has 1 saturated heterocycles. The molecule has 1 fully saturated rings. The van der Waals surface area contributed by atoms with Gasteiger partial charge in [0.2, 0.25) is 0 Å². The Labute approximate surface area is 152 Å². The zero-order valence-corrected chi connectivity index (χ0v) is 14.9. The molecule has 2 atom stereocenters. The van der Waals surface area contributed by atoms with E-state index in [1.807, 2.05) is 6.07 Å². The van der Waals surface area contributed by atoms with E-state index in [9.17, 15) is 13.5 Å². The average molecular weight is 372 g/mol. The van der Waals surface area contributed by atoms with Gasteiger partial charge in [-0.3, -0.25) is 0 Å². The molecule has 1 unspecified atom stereocenters. The van der Waals surface area contributed by atoms with E-state index < -0.39 is 16.3 Å². The van der Waals surface area contributed by atoms with Gasteiger partial charge < -0.3 is 10.8 Å². The van der Waals surface area contributed by atoms with Crippen LogP contribution in [0.15, 0.2) is 47.5 Å². The Hall–Kier alpha value is -2.31. The second-order valence-electron chi connectivity index (χ2n) is 6.31. The van der Waals surface area contributed by atoms with Crippen molar-refractivity contribution in [2.24, 2.45) is 11.7 Å². The third kappa shape index (κ3) is 3.76. The van der Waals surface area contributed by atoms with Crippen LogP contribution < -0.4 is 5.73 Å². The summed E-state index contributed by atoms with van der Waals surface area (Å²) in [6.07, 6.45) is 0.307. The van der Waals surface area contributed by atoms with Crippen molar-refractivity contribution in [2.75, 3.05) is 13.1 Å². The van der Waals surface area contributed by atoms with Crippen molar-refractivity contribution in [3.63, 3.8) is 0 Å². The Morgan fingerprint density at radius 3 is 2.65 bits per heavy atom. The summed E-state index contributed by atoms with van der Waals surface area (Å²) in [7, 11) is -3.77. The van der Waals surface area contributed by atoms with Gasteiger partial charge in [-0.05, 0) is 37.1 Å². The Morgan fingerprint density at radius 2 is 2.00 bits per heavy atom. The number of hydrogen-bond acceptors (Lipinski definition) is 6. The van der Waals surface area contributed by atoms with Crippen LogP contribution >= 0.6 is 0 Å². The highest BCUT2D eigenvalue weighted by Gasteiger charge is 2.33. The molecular weight excluding hydrogens is 352 g/mol. The number of pyridine rings is 1. The largest absolute Gasteiger partial charge is 0.378 e. The van der Waals surface area contributed by atoms with E-state index in [2.05, 4.69) is 4.98 Å². The maximum atomic E-state index is 12.9. The second kappa shape index (κ2) is 7.51. The number of nitrogens with two attached hydrogens (primary N) is 1. The van der Waals surface area contributed by atoms with Crippen molar-refractivity contribution >= 4 is 10.0 Å². The summed E-state index contributed by atoms with van der Waals surface area (Å²) in [5, 5.41) is 18.4. The number of nitrogens with zero attached hydrogens (tertiary/aromatic N) is 3. The molecule has 8 heteroatoms. The Balaban J connectivity index is 1.90. The zero-order chi connectivity index (χ0) is 18.7. The minimum atomic E-state index is -3.77. The Bertz CT molecular complexity index is 920. The first kappa shape index (κ1) is 18.5. The number of rotatable bonds is 4. The monoisotopic (exact) mass is 372 g/mol. The van der Waals surface area contributed by atoms with Gasteiger partial charge in [0.05, 0.1) is 17.3 Å². The summed E-state index contributed by atoms with van der Waals surface area (Å²) < 4.78 is 27.2. The van der Waals surface area contributed by atoms with Crippen LogP contribution in [-0.4, -0.2) is 42.1 Å². The van der Waals surface area contributed by atoms with E-state index in [0.29, 0.717) is 30.6 Å². The van der Waals surface area contributed by atoms with Gasteiger partial charge in [-0.25, -0.2) is 13.4 Å². The van der Waals surface area contributed by atoms with Gasteiger partial charge in [-0.1, -0.05) is 18.2 Å². The molecule has 1 aliphatic heterocycles. The molecule has 7 nitrogen and oxygen atoms in total. The first-order chi connectivity index (χ1) is 12.4. The third-order valence-electron chi connectivity index (χ3n) is 4.54. The Morgan fingerprint density at radius 1 is 1.27 bits per heavy atom. The zero-order valence-electron chi connectivity index (χ0n) is 14.1. The van der Waals surface area contributed by atoms with Crippen molar-refractivity contribution in [3.05, 3.63) is 48.0 Å². The van der Waals surface area contributed by atoms with Crippen LogP contribution in [0.3, 0.4) is 0 Å². The summed E-state index contributed by atoms with van der Waals surface area (Å²) in [4.78, 5) is 4.31. The average Bonchev–Trinajstić information content (AvgIpc) is 2.68. The van der Waals surface area contributed by atoms with Gasteiger partial charge in [0.1, 0.15) is 6.23 Å². The van der Waals surface area contributed by atoms with E-state index in [-0.39, 0.29) is 17.5 Å². The van der Waals surface area contributed by atoms with Gasteiger partial charge in [0.25, 0.3) is 10.0 Å². The van der Waals surface area contributed by atoms with Crippen LogP contribution in [0.1, 0.15) is 18.4 Å². The van der Waals surface area contributed by atoms with E-state index in [0.717, 1.165) is 5.56 Å². The summed E-state index contributed by atoms with van der Waals surface area (Å²) in [5.74, 6) is -0.278. The standard InChI is InChI=1S/C18H20N4O3S/c19-11-13-6-8-14(9-7-13)16-4-1-5-17(21-16)26(24,25)22-10-2-3-15(12-22)18(20)23/h1,4-9,15,18,23H,2-3,10,12,20H2/t15?,18-/m1/s1. The molecule has 1 aromatic carbocycles. The fourth-order valence-electron chi connectivity index (χ4n) is 3.04. The molecule has 26 heavy (non-hydrogen) atoms. The molecule has 2 heterocycles. The molecule has 0 bridgehead atoms. The third-order valence-corrected chi connectivity index (χ3v) is 6.31. The lowest BCUT2D eigenvalue weighted by molar-refractivity contribution is 0.0791. The lowest BCUT2D eigenvalue weighted by Gasteiger charge is -2.32. The molecule has 0 aliphatic carbocycles. The number of aliphatic hydroxyl groups excluding tert-OH is 1. The van der Waals surface area contributed by atoms with E-state index in [1.54, 1.807) is 36.4 Å². The maximum absolute atomic E-state index is 12.9. The minimum absolute atomic E-state index is 0.0356. The van der Waals surface area contributed by atoms with Crippen LogP contribution in [0.2, 0.25) is 0 Å². The van der Waals surface area contributed by atoms with E-state index in [4.69, 9.17) is 11.0 Å². The van der Waals surface area contributed by atoms with Crippen molar-refractivity contribution in [1.82, 2.24) is 9.29 Å². The summed E-state index contributed by atoms with van der Waals surface area (Å²) in [5.41, 5.74) is 7.30. The quantitative estimate of drug-likeness (QED) is 0.781. The predicted molar refractivity (Wildman–Crippen MR) is 96.1 cm³/mol. The summed E-state index contributed by atoms with van der Waals surface area (Å²) in [6, 6.07) is 13.7. The predicted octanol–water partition coefficient (Wildman–Crippen LogP) is 1.30. The minimum Gasteiger partial charge on any atom is -0.378 e. The van der Waals surface area contributed by atoms with Gasteiger partial charge in [-0.15, -0.1) is 0 Å². The highest BCUT2D eigenvalue weighted by Crippen LogP contribution is 2.25. The van der Waals surface area contributed by atoms with Gasteiger partial charge in [0, 0.05) is 24.6 Å². The first-order valence-corrected chi connectivity index (χ1v) is 9.77.